The minimum atomic E-state index is -0.424. The molecular weight excluding hydrogens is 448 g/mol. The largest absolute Gasteiger partial charge is 0.462 e. The quantitative estimate of drug-likeness (QED) is 0.436. The lowest BCUT2D eigenvalue weighted by molar-refractivity contribution is 0.0525. The smallest absolute Gasteiger partial charge is 0.342 e. The SMILES string of the molecule is CCOC(=O)c1cn(Cc2cc(F)c3ncc(Cl)cc3c2)nc1I. The van der Waals surface area contributed by atoms with Gasteiger partial charge in [-0.25, -0.2) is 9.18 Å². The number of nitrogens with zero attached hydrogens (tertiary/aromatic N) is 3. The summed E-state index contributed by atoms with van der Waals surface area (Å²) < 4.78 is 21.3. The van der Waals surface area contributed by atoms with Crippen LogP contribution in [0.1, 0.15) is 22.8 Å². The molecule has 0 aliphatic heterocycles. The predicted molar refractivity (Wildman–Crippen MR) is 96.7 cm³/mol. The summed E-state index contributed by atoms with van der Waals surface area (Å²) in [6, 6.07) is 4.87. The van der Waals surface area contributed by atoms with Gasteiger partial charge in [-0.3, -0.25) is 9.67 Å². The third-order valence-electron chi connectivity index (χ3n) is 3.32. The molecule has 0 bridgehead atoms. The molecule has 5 nitrogen and oxygen atoms in total. The van der Waals surface area contributed by atoms with Crippen LogP contribution in [0.4, 0.5) is 4.39 Å². The molecule has 0 aliphatic rings. The minimum absolute atomic E-state index is 0.269. The fourth-order valence-corrected chi connectivity index (χ4v) is 3.14. The number of halogens is 3. The molecule has 0 N–H and O–H groups in total. The number of hydrogen-bond acceptors (Lipinski definition) is 4. The Labute approximate surface area is 155 Å². The maximum atomic E-state index is 14.2. The van der Waals surface area contributed by atoms with Gasteiger partial charge >= 0.3 is 5.97 Å². The molecule has 0 saturated heterocycles. The molecule has 0 fully saturated rings. The highest BCUT2D eigenvalue weighted by Gasteiger charge is 2.16. The molecule has 0 saturated carbocycles. The van der Waals surface area contributed by atoms with Gasteiger partial charge < -0.3 is 4.74 Å². The van der Waals surface area contributed by atoms with Crippen LogP contribution in [0.25, 0.3) is 10.9 Å². The van der Waals surface area contributed by atoms with Gasteiger partial charge in [0.15, 0.2) is 0 Å². The van der Waals surface area contributed by atoms with Crippen molar-refractivity contribution in [1.82, 2.24) is 14.8 Å². The molecule has 0 spiro atoms. The third-order valence-corrected chi connectivity index (χ3v) is 4.32. The van der Waals surface area contributed by atoms with Crippen LogP contribution < -0.4 is 0 Å². The highest BCUT2D eigenvalue weighted by molar-refractivity contribution is 14.1. The molecule has 1 aromatic carbocycles. The Bertz CT molecular complexity index is 929. The first-order chi connectivity index (χ1) is 11.5. The number of hydrogen-bond donors (Lipinski definition) is 0. The van der Waals surface area contributed by atoms with Crippen molar-refractivity contribution in [3.63, 3.8) is 0 Å². The lowest BCUT2D eigenvalue weighted by Crippen LogP contribution is -2.05. The molecule has 0 amide bonds. The summed E-state index contributed by atoms with van der Waals surface area (Å²) in [6.07, 6.45) is 3.01. The zero-order chi connectivity index (χ0) is 17.3. The second-order valence-corrected chi connectivity index (χ2v) is 6.51. The summed E-state index contributed by atoms with van der Waals surface area (Å²) in [4.78, 5) is 15.8. The van der Waals surface area contributed by atoms with Crippen LogP contribution in [-0.2, 0) is 11.3 Å². The number of aromatic nitrogens is 3. The van der Waals surface area contributed by atoms with E-state index in [9.17, 15) is 9.18 Å². The maximum absolute atomic E-state index is 14.2. The number of rotatable bonds is 4. The van der Waals surface area contributed by atoms with Crippen LogP contribution >= 0.6 is 34.2 Å². The number of esters is 1. The Balaban J connectivity index is 1.92. The molecule has 0 unspecified atom stereocenters. The molecule has 124 valence electrons. The van der Waals surface area contributed by atoms with Crippen molar-refractivity contribution in [3.8, 4) is 0 Å². The standard InChI is InChI=1S/C16H12ClFIN3O2/c1-2-24-16(23)12-8-22(21-15(12)19)7-9-3-10-5-11(17)6-20-14(10)13(18)4-9/h3-6,8H,2,7H2,1H3. The van der Waals surface area contributed by atoms with Crippen molar-refractivity contribution in [2.24, 2.45) is 0 Å². The van der Waals surface area contributed by atoms with Gasteiger partial charge in [-0.2, -0.15) is 5.10 Å². The number of carbonyl (C=O) groups is 1. The van der Waals surface area contributed by atoms with Crippen LogP contribution in [0.5, 0.6) is 0 Å². The van der Waals surface area contributed by atoms with Crippen molar-refractivity contribution < 1.29 is 13.9 Å². The Morgan fingerprint density at radius 2 is 2.21 bits per heavy atom. The molecule has 0 aliphatic carbocycles. The molecule has 3 rings (SSSR count). The summed E-state index contributed by atoms with van der Waals surface area (Å²) in [7, 11) is 0. The molecule has 8 heteroatoms. The van der Waals surface area contributed by atoms with Crippen LogP contribution in [0, 0.1) is 9.52 Å². The average Bonchev–Trinajstić information content (AvgIpc) is 2.87. The summed E-state index contributed by atoms with van der Waals surface area (Å²) >= 11 is 7.89. The number of pyridine rings is 1. The first-order valence-electron chi connectivity index (χ1n) is 7.11. The van der Waals surface area contributed by atoms with E-state index < -0.39 is 11.8 Å². The normalized spacial score (nSPS) is 11.0. The molecule has 0 radical (unpaired) electrons. The van der Waals surface area contributed by atoms with Gasteiger partial charge in [-0.1, -0.05) is 11.6 Å². The van der Waals surface area contributed by atoms with Gasteiger partial charge in [0.2, 0.25) is 0 Å². The van der Waals surface area contributed by atoms with E-state index in [0.29, 0.717) is 38.4 Å². The number of benzene rings is 1. The topological polar surface area (TPSA) is 57.0 Å². The van der Waals surface area contributed by atoms with Crippen LogP contribution in [-0.4, -0.2) is 27.3 Å². The first-order valence-corrected chi connectivity index (χ1v) is 8.57. The van der Waals surface area contributed by atoms with Crippen molar-refractivity contribution in [3.05, 3.63) is 56.3 Å². The molecule has 2 heterocycles. The Hall–Kier alpha value is -1.74. The van der Waals surface area contributed by atoms with E-state index in [-0.39, 0.29) is 5.52 Å². The summed E-state index contributed by atoms with van der Waals surface area (Å²) in [6.45, 7) is 2.35. The van der Waals surface area contributed by atoms with Gasteiger partial charge in [0.1, 0.15) is 20.6 Å². The van der Waals surface area contributed by atoms with E-state index in [2.05, 4.69) is 10.1 Å². The Morgan fingerprint density at radius 1 is 1.42 bits per heavy atom. The van der Waals surface area contributed by atoms with E-state index in [1.165, 1.54) is 12.3 Å². The molecular formula is C16H12ClFIN3O2. The van der Waals surface area contributed by atoms with E-state index >= 15 is 0 Å². The van der Waals surface area contributed by atoms with E-state index in [1.807, 2.05) is 22.6 Å². The second kappa shape index (κ2) is 7.02. The highest BCUT2D eigenvalue weighted by atomic mass is 127. The first kappa shape index (κ1) is 17.1. The fraction of sp³-hybridized carbons (Fsp3) is 0.188. The van der Waals surface area contributed by atoms with E-state index in [4.69, 9.17) is 16.3 Å². The Morgan fingerprint density at radius 3 is 2.96 bits per heavy atom. The molecule has 24 heavy (non-hydrogen) atoms. The molecule has 2 aromatic heterocycles. The number of ether oxygens (including phenoxy) is 1. The number of fused-ring (bicyclic) bond motifs is 1. The van der Waals surface area contributed by atoms with Crippen molar-refractivity contribution in [2.75, 3.05) is 6.61 Å². The monoisotopic (exact) mass is 459 g/mol. The van der Waals surface area contributed by atoms with Gasteiger partial charge in [0.25, 0.3) is 0 Å². The van der Waals surface area contributed by atoms with Crippen LogP contribution in [0.3, 0.4) is 0 Å². The van der Waals surface area contributed by atoms with Crippen molar-refractivity contribution in [2.45, 2.75) is 13.5 Å². The van der Waals surface area contributed by atoms with E-state index in [1.54, 1.807) is 29.9 Å². The third kappa shape index (κ3) is 3.51. The van der Waals surface area contributed by atoms with Crippen molar-refractivity contribution >= 4 is 51.1 Å². The average molecular weight is 460 g/mol. The molecule has 0 atom stereocenters. The van der Waals surface area contributed by atoms with Gasteiger partial charge in [-0.05, 0) is 53.3 Å². The fourth-order valence-electron chi connectivity index (χ4n) is 2.34. The van der Waals surface area contributed by atoms with Crippen LogP contribution in [0.15, 0.2) is 30.6 Å². The Kier molecular flexibility index (Phi) is 5.00. The summed E-state index contributed by atoms with van der Waals surface area (Å²) in [5.74, 6) is -0.847. The lowest BCUT2D eigenvalue weighted by Gasteiger charge is -2.05. The second-order valence-electron chi connectivity index (χ2n) is 5.05. The van der Waals surface area contributed by atoms with E-state index in [0.717, 1.165) is 0 Å². The maximum Gasteiger partial charge on any atom is 0.342 e. The zero-order valence-electron chi connectivity index (χ0n) is 12.6. The van der Waals surface area contributed by atoms with Crippen molar-refractivity contribution in [1.29, 1.82) is 0 Å². The van der Waals surface area contributed by atoms with Crippen LogP contribution in [0.2, 0.25) is 5.02 Å². The number of carbonyl (C=O) groups excluding carboxylic acids is 1. The van der Waals surface area contributed by atoms with Gasteiger partial charge in [0, 0.05) is 17.8 Å². The van der Waals surface area contributed by atoms with Gasteiger partial charge in [0.05, 0.1) is 18.2 Å². The summed E-state index contributed by atoms with van der Waals surface area (Å²) in [5, 5.41) is 5.33. The zero-order valence-corrected chi connectivity index (χ0v) is 15.5. The lowest BCUT2D eigenvalue weighted by atomic mass is 10.1. The summed E-state index contributed by atoms with van der Waals surface area (Å²) in [5.41, 5.74) is 1.35. The molecule has 3 aromatic rings. The van der Waals surface area contributed by atoms with Gasteiger partial charge in [-0.15, -0.1) is 0 Å². The minimum Gasteiger partial charge on any atom is -0.462 e. The predicted octanol–water partition coefficient (Wildman–Crippen LogP) is 4.05. The highest BCUT2D eigenvalue weighted by Crippen LogP contribution is 2.22.